The highest BCUT2D eigenvalue weighted by Crippen LogP contribution is 2.31. The molecule has 1 atom stereocenters. The van der Waals surface area contributed by atoms with Gasteiger partial charge in [-0.1, -0.05) is 11.6 Å². The van der Waals surface area contributed by atoms with Crippen LogP contribution in [0.1, 0.15) is 23.2 Å². The van der Waals surface area contributed by atoms with Crippen molar-refractivity contribution >= 4 is 29.2 Å². The number of carbonyl (C=O) groups is 1. The van der Waals surface area contributed by atoms with Crippen molar-refractivity contribution in [2.75, 3.05) is 45.7 Å². The van der Waals surface area contributed by atoms with Gasteiger partial charge in [0.15, 0.2) is 5.96 Å². The van der Waals surface area contributed by atoms with Gasteiger partial charge in [0.05, 0.1) is 29.9 Å². The number of benzene rings is 1. The predicted octanol–water partition coefficient (Wildman–Crippen LogP) is 1.54. The van der Waals surface area contributed by atoms with Gasteiger partial charge in [-0.25, -0.2) is 0 Å². The molecule has 0 radical (unpaired) electrons. The highest BCUT2D eigenvalue weighted by Gasteiger charge is 2.23. The number of aliphatic imine (C=N–C) groups is 1. The molecule has 1 amide bonds. The summed E-state index contributed by atoms with van der Waals surface area (Å²) < 4.78 is 5.39. The Morgan fingerprint density at radius 1 is 1.52 bits per heavy atom. The number of carbonyl (C=O) groups excluding carboxylic acids is 1. The van der Waals surface area contributed by atoms with E-state index in [0.29, 0.717) is 40.6 Å². The number of nitrogens with one attached hydrogen (secondary N) is 3. The third-order valence-corrected chi connectivity index (χ3v) is 4.94. The summed E-state index contributed by atoms with van der Waals surface area (Å²) in [6.45, 7) is 3.23. The molecule has 7 nitrogen and oxygen atoms in total. The number of rotatable bonds is 5. The van der Waals surface area contributed by atoms with Crippen molar-refractivity contribution in [1.82, 2.24) is 15.5 Å². The van der Waals surface area contributed by atoms with E-state index in [4.69, 9.17) is 16.3 Å². The maximum absolute atomic E-state index is 12.6. The lowest BCUT2D eigenvalue weighted by atomic mass is 10.1. The van der Waals surface area contributed by atoms with E-state index in [-0.39, 0.29) is 5.91 Å². The summed E-state index contributed by atoms with van der Waals surface area (Å²) >= 11 is 6.34. The molecule has 1 fully saturated rings. The van der Waals surface area contributed by atoms with Crippen LogP contribution in [0.5, 0.6) is 5.75 Å². The van der Waals surface area contributed by atoms with Crippen molar-refractivity contribution < 1.29 is 9.53 Å². The van der Waals surface area contributed by atoms with Crippen molar-refractivity contribution in [3.05, 3.63) is 22.7 Å². The third-order valence-electron chi connectivity index (χ3n) is 4.63. The maximum Gasteiger partial charge on any atom is 0.255 e. The summed E-state index contributed by atoms with van der Waals surface area (Å²) in [5, 5.41) is 9.67. The van der Waals surface area contributed by atoms with E-state index >= 15 is 0 Å². The van der Waals surface area contributed by atoms with Crippen LogP contribution in [0, 0.1) is 0 Å². The standard InChI is InChI=1S/C17H24ClN5O2/c1-23-7-3-4-11(23)10-21-16(24)12-8-13(18)14(9-15(12)25-2)22-17-19-5-6-20-17/h8-9,11H,3-7,10H2,1-2H3,(H,21,24)(H2,19,20,22). The monoisotopic (exact) mass is 365 g/mol. The number of likely N-dealkylation sites (N-methyl/N-ethyl adjacent to an activating group) is 1. The largest absolute Gasteiger partial charge is 0.496 e. The Kier molecular flexibility index (Phi) is 5.65. The normalized spacial score (nSPS) is 20.1. The lowest BCUT2D eigenvalue weighted by Gasteiger charge is -2.20. The lowest BCUT2D eigenvalue weighted by molar-refractivity contribution is 0.0940. The Morgan fingerprint density at radius 2 is 2.36 bits per heavy atom. The van der Waals surface area contributed by atoms with Gasteiger partial charge in [0.1, 0.15) is 5.75 Å². The van der Waals surface area contributed by atoms with E-state index in [9.17, 15) is 4.79 Å². The zero-order valence-corrected chi connectivity index (χ0v) is 15.3. The molecule has 0 saturated carbocycles. The number of halogens is 1. The number of hydrogen-bond acceptors (Lipinski definition) is 6. The topological polar surface area (TPSA) is 78.0 Å². The van der Waals surface area contributed by atoms with E-state index in [1.165, 1.54) is 6.42 Å². The number of anilines is 1. The Bertz CT molecular complexity index is 679. The van der Waals surface area contributed by atoms with Gasteiger partial charge in [-0.15, -0.1) is 0 Å². The second kappa shape index (κ2) is 7.93. The van der Waals surface area contributed by atoms with Crippen LogP contribution in [0.4, 0.5) is 5.69 Å². The van der Waals surface area contributed by atoms with E-state index < -0.39 is 0 Å². The Balaban J connectivity index is 1.71. The summed E-state index contributed by atoms with van der Waals surface area (Å²) in [6.07, 6.45) is 2.27. The van der Waals surface area contributed by atoms with Crippen LogP contribution in [0.25, 0.3) is 0 Å². The van der Waals surface area contributed by atoms with Gasteiger partial charge >= 0.3 is 0 Å². The molecule has 2 aliphatic rings. The average Bonchev–Trinajstić information content (AvgIpc) is 3.26. The summed E-state index contributed by atoms with van der Waals surface area (Å²) in [7, 11) is 3.63. The van der Waals surface area contributed by atoms with Crippen LogP contribution >= 0.6 is 11.6 Å². The molecular formula is C17H24ClN5O2. The molecule has 0 aromatic heterocycles. The van der Waals surface area contributed by atoms with Crippen LogP contribution in [-0.2, 0) is 0 Å². The maximum atomic E-state index is 12.6. The van der Waals surface area contributed by atoms with E-state index in [0.717, 1.165) is 26.1 Å². The van der Waals surface area contributed by atoms with Crippen molar-refractivity contribution in [3.8, 4) is 5.75 Å². The van der Waals surface area contributed by atoms with Gasteiger partial charge in [-0.3, -0.25) is 9.79 Å². The molecular weight excluding hydrogens is 342 g/mol. The molecule has 3 rings (SSSR count). The number of amides is 1. The Hall–Kier alpha value is -1.99. The first-order valence-corrected chi connectivity index (χ1v) is 8.87. The minimum absolute atomic E-state index is 0.179. The average molecular weight is 366 g/mol. The van der Waals surface area contributed by atoms with E-state index in [1.54, 1.807) is 19.2 Å². The molecule has 2 heterocycles. The van der Waals surface area contributed by atoms with Crippen molar-refractivity contribution in [3.63, 3.8) is 0 Å². The van der Waals surface area contributed by atoms with Crippen LogP contribution in [0.3, 0.4) is 0 Å². The first-order chi connectivity index (χ1) is 12.1. The van der Waals surface area contributed by atoms with Gasteiger partial charge in [-0.05, 0) is 32.5 Å². The van der Waals surface area contributed by atoms with Crippen LogP contribution in [0.2, 0.25) is 5.02 Å². The lowest BCUT2D eigenvalue weighted by Crippen LogP contribution is -2.38. The molecule has 0 spiro atoms. The molecule has 1 aromatic carbocycles. The summed E-state index contributed by atoms with van der Waals surface area (Å²) in [4.78, 5) is 19.1. The fraction of sp³-hybridized carbons (Fsp3) is 0.529. The summed E-state index contributed by atoms with van der Waals surface area (Å²) in [5.74, 6) is 0.968. The zero-order chi connectivity index (χ0) is 17.8. The fourth-order valence-electron chi connectivity index (χ4n) is 3.15. The van der Waals surface area contributed by atoms with Crippen LogP contribution < -0.4 is 20.7 Å². The number of methoxy groups -OCH3 is 1. The SMILES string of the molecule is COc1cc(NC2=NCCN2)c(Cl)cc1C(=O)NCC1CCCN1C. The summed E-state index contributed by atoms with van der Waals surface area (Å²) in [5.41, 5.74) is 1.08. The molecule has 136 valence electrons. The van der Waals surface area contributed by atoms with Gasteiger partial charge in [-0.2, -0.15) is 0 Å². The van der Waals surface area contributed by atoms with E-state index in [2.05, 4.69) is 32.9 Å². The molecule has 2 aliphatic heterocycles. The van der Waals surface area contributed by atoms with E-state index in [1.807, 2.05) is 0 Å². The fourth-order valence-corrected chi connectivity index (χ4v) is 3.36. The van der Waals surface area contributed by atoms with Crippen molar-refractivity contribution in [2.45, 2.75) is 18.9 Å². The number of ether oxygens (including phenoxy) is 1. The molecule has 3 N–H and O–H groups in total. The number of likely N-dealkylation sites (tertiary alicyclic amines) is 1. The molecule has 25 heavy (non-hydrogen) atoms. The molecule has 8 heteroatoms. The molecule has 1 aromatic rings. The van der Waals surface area contributed by atoms with Crippen LogP contribution in [-0.4, -0.2) is 63.1 Å². The smallest absolute Gasteiger partial charge is 0.255 e. The summed E-state index contributed by atoms with van der Waals surface area (Å²) in [6, 6.07) is 3.74. The number of hydrogen-bond donors (Lipinski definition) is 3. The minimum Gasteiger partial charge on any atom is -0.496 e. The number of guanidine groups is 1. The highest BCUT2D eigenvalue weighted by atomic mass is 35.5. The predicted molar refractivity (Wildman–Crippen MR) is 99.9 cm³/mol. The Labute approximate surface area is 152 Å². The van der Waals surface area contributed by atoms with Gasteiger partial charge in [0.2, 0.25) is 0 Å². The molecule has 0 bridgehead atoms. The van der Waals surface area contributed by atoms with Gasteiger partial charge in [0.25, 0.3) is 5.91 Å². The first-order valence-electron chi connectivity index (χ1n) is 8.50. The second-order valence-corrected chi connectivity index (χ2v) is 6.71. The third kappa shape index (κ3) is 4.16. The molecule has 1 unspecified atom stereocenters. The quantitative estimate of drug-likeness (QED) is 0.737. The molecule has 0 aliphatic carbocycles. The minimum atomic E-state index is -0.179. The molecule has 1 saturated heterocycles. The van der Waals surface area contributed by atoms with Gasteiger partial charge < -0.3 is 25.6 Å². The van der Waals surface area contributed by atoms with Gasteiger partial charge in [0, 0.05) is 25.2 Å². The second-order valence-electron chi connectivity index (χ2n) is 6.30. The highest BCUT2D eigenvalue weighted by molar-refractivity contribution is 6.34. The van der Waals surface area contributed by atoms with Crippen molar-refractivity contribution in [2.24, 2.45) is 4.99 Å². The van der Waals surface area contributed by atoms with Crippen LogP contribution in [0.15, 0.2) is 17.1 Å². The zero-order valence-electron chi connectivity index (χ0n) is 14.6. The van der Waals surface area contributed by atoms with Crippen molar-refractivity contribution in [1.29, 1.82) is 0 Å². The Morgan fingerprint density at radius 3 is 3.00 bits per heavy atom. The number of nitrogens with zero attached hydrogens (tertiary/aromatic N) is 2. The first kappa shape index (κ1) is 17.8.